The van der Waals surface area contributed by atoms with Crippen LogP contribution in [0.2, 0.25) is 0 Å². The summed E-state index contributed by atoms with van der Waals surface area (Å²) in [7, 11) is -4.35. The molecule has 2 atom stereocenters. The molecule has 2 unspecified atom stereocenters. The van der Waals surface area contributed by atoms with Crippen molar-refractivity contribution in [2.24, 2.45) is 0 Å². The number of carbonyl (C=O) groups excluding carboxylic acids is 1. The lowest BCUT2D eigenvalue weighted by molar-refractivity contribution is -0.122. The number of allylic oxidation sites excluding steroid dienone is 5. The second-order valence-corrected chi connectivity index (χ2v) is 15.8. The highest BCUT2D eigenvalue weighted by Crippen LogP contribution is 2.15. The summed E-state index contributed by atoms with van der Waals surface area (Å²) in [4.78, 5) is 12.5. The Labute approximate surface area is 304 Å². The molecule has 6 nitrogen and oxygen atoms in total. The zero-order valence-electron chi connectivity index (χ0n) is 32.1. The summed E-state index contributed by atoms with van der Waals surface area (Å²) in [6.45, 7) is 4.49. The van der Waals surface area contributed by atoms with Crippen molar-refractivity contribution in [3.05, 3.63) is 36.5 Å². The summed E-state index contributed by atoms with van der Waals surface area (Å²) >= 11 is 0. The van der Waals surface area contributed by atoms with E-state index in [0.717, 1.165) is 44.9 Å². The van der Waals surface area contributed by atoms with Gasteiger partial charge in [0, 0.05) is 6.42 Å². The molecule has 288 valence electrons. The maximum atomic E-state index is 12.5. The molecule has 3 N–H and O–H groups in total. The summed E-state index contributed by atoms with van der Waals surface area (Å²) in [5.74, 6) is -1.00. The number of aliphatic hydroxyl groups excluding tert-OH is 1. The van der Waals surface area contributed by atoms with Crippen molar-refractivity contribution in [3.8, 4) is 0 Å². The predicted octanol–water partition coefficient (Wildman–Crippen LogP) is 12.1. The van der Waals surface area contributed by atoms with E-state index in [0.29, 0.717) is 6.42 Å². The molecule has 0 saturated carbocycles. The summed E-state index contributed by atoms with van der Waals surface area (Å²) in [5.41, 5.74) is 0. The SMILES string of the molecule is CCCCC/C=C/CC/C=C/CC/C=C/C(O)C(CS(=O)(=O)O)NC(=O)CCCCCCCCCCCCCCCCCCCCCCC. The molecule has 0 aromatic rings. The molecule has 49 heavy (non-hydrogen) atoms. The first-order chi connectivity index (χ1) is 23.8. The minimum atomic E-state index is -4.35. The van der Waals surface area contributed by atoms with Gasteiger partial charge in [0.25, 0.3) is 10.1 Å². The lowest BCUT2D eigenvalue weighted by Crippen LogP contribution is -2.46. The molecule has 0 aliphatic rings. The van der Waals surface area contributed by atoms with E-state index in [1.807, 2.05) is 0 Å². The van der Waals surface area contributed by atoms with E-state index in [1.54, 1.807) is 6.08 Å². The minimum absolute atomic E-state index is 0.288. The first-order valence-corrected chi connectivity index (χ1v) is 22.3. The zero-order chi connectivity index (χ0) is 36.1. The van der Waals surface area contributed by atoms with Crippen LogP contribution in [0.3, 0.4) is 0 Å². The van der Waals surface area contributed by atoms with Crippen molar-refractivity contribution in [3.63, 3.8) is 0 Å². The third-order valence-corrected chi connectivity index (χ3v) is 10.1. The summed E-state index contributed by atoms with van der Waals surface area (Å²) in [6.07, 6.45) is 47.1. The van der Waals surface area contributed by atoms with Crippen molar-refractivity contribution in [2.45, 2.75) is 219 Å². The molecule has 0 saturated heterocycles. The highest BCUT2D eigenvalue weighted by molar-refractivity contribution is 7.85. The fourth-order valence-electron chi connectivity index (χ4n) is 6.19. The lowest BCUT2D eigenvalue weighted by atomic mass is 10.0. The smallest absolute Gasteiger partial charge is 0.267 e. The van der Waals surface area contributed by atoms with Crippen LogP contribution in [0.15, 0.2) is 36.5 Å². The highest BCUT2D eigenvalue weighted by atomic mass is 32.2. The Morgan fingerprint density at radius 1 is 0.531 bits per heavy atom. The molecule has 7 heteroatoms. The van der Waals surface area contributed by atoms with E-state index in [1.165, 1.54) is 141 Å². The Morgan fingerprint density at radius 2 is 0.878 bits per heavy atom. The average molecular weight is 710 g/mol. The molecule has 0 aliphatic carbocycles. The van der Waals surface area contributed by atoms with Gasteiger partial charge < -0.3 is 10.4 Å². The average Bonchev–Trinajstić information content (AvgIpc) is 3.06. The molecule has 0 radical (unpaired) electrons. The van der Waals surface area contributed by atoms with E-state index in [2.05, 4.69) is 43.5 Å². The largest absolute Gasteiger partial charge is 0.387 e. The predicted molar refractivity (Wildman–Crippen MR) is 212 cm³/mol. The molecule has 0 aromatic heterocycles. The third-order valence-electron chi connectivity index (χ3n) is 9.30. The van der Waals surface area contributed by atoms with Crippen LogP contribution in [0.4, 0.5) is 0 Å². The summed E-state index contributed by atoms with van der Waals surface area (Å²) < 4.78 is 32.4. The number of hydrogen-bond donors (Lipinski definition) is 3. The molecule has 0 spiro atoms. The molecule has 1 amide bonds. The second-order valence-electron chi connectivity index (χ2n) is 14.3. The van der Waals surface area contributed by atoms with Crippen LogP contribution in [-0.4, -0.2) is 41.9 Å². The number of unbranched alkanes of at least 4 members (excludes halogenated alkanes) is 25. The molecule has 0 fully saturated rings. The first kappa shape index (κ1) is 47.6. The van der Waals surface area contributed by atoms with E-state index >= 15 is 0 Å². The fraction of sp³-hybridized carbons (Fsp3) is 0.833. The van der Waals surface area contributed by atoms with Crippen molar-refractivity contribution >= 4 is 16.0 Å². The van der Waals surface area contributed by atoms with E-state index in [9.17, 15) is 22.9 Å². The van der Waals surface area contributed by atoms with Crippen molar-refractivity contribution in [2.75, 3.05) is 5.75 Å². The monoisotopic (exact) mass is 710 g/mol. The van der Waals surface area contributed by atoms with Gasteiger partial charge in [0.15, 0.2) is 0 Å². The Balaban J connectivity index is 3.88. The Bertz CT molecular complexity index is 914. The lowest BCUT2D eigenvalue weighted by Gasteiger charge is -2.21. The number of hydrogen-bond acceptors (Lipinski definition) is 4. The molecular weight excluding hydrogens is 631 g/mol. The topological polar surface area (TPSA) is 104 Å². The highest BCUT2D eigenvalue weighted by Gasteiger charge is 2.24. The van der Waals surface area contributed by atoms with Crippen LogP contribution in [0.5, 0.6) is 0 Å². The minimum Gasteiger partial charge on any atom is -0.387 e. The fourth-order valence-corrected chi connectivity index (χ4v) is 6.92. The molecule has 0 bridgehead atoms. The Morgan fingerprint density at radius 3 is 1.29 bits per heavy atom. The number of carbonyl (C=O) groups is 1. The van der Waals surface area contributed by atoms with Gasteiger partial charge >= 0.3 is 0 Å². The number of rotatable bonds is 37. The normalized spacial score (nSPS) is 13.6. The summed E-state index contributed by atoms with van der Waals surface area (Å²) in [5, 5.41) is 13.2. The van der Waals surface area contributed by atoms with Crippen molar-refractivity contribution < 1.29 is 22.9 Å². The molecule has 0 aliphatic heterocycles. The van der Waals surface area contributed by atoms with Crippen LogP contribution >= 0.6 is 0 Å². The van der Waals surface area contributed by atoms with Gasteiger partial charge in [-0.15, -0.1) is 0 Å². The maximum Gasteiger partial charge on any atom is 0.267 e. The van der Waals surface area contributed by atoms with Gasteiger partial charge in [-0.05, 0) is 44.9 Å². The van der Waals surface area contributed by atoms with Crippen LogP contribution in [-0.2, 0) is 14.9 Å². The van der Waals surface area contributed by atoms with Gasteiger partial charge in [-0.3, -0.25) is 9.35 Å². The van der Waals surface area contributed by atoms with E-state index < -0.39 is 28.0 Å². The van der Waals surface area contributed by atoms with Crippen LogP contribution in [0, 0.1) is 0 Å². The van der Waals surface area contributed by atoms with Gasteiger partial charge in [0.2, 0.25) is 5.91 Å². The van der Waals surface area contributed by atoms with Crippen LogP contribution in [0.1, 0.15) is 206 Å². The second kappa shape index (κ2) is 36.4. The molecular formula is C42H79NO5S. The van der Waals surface area contributed by atoms with E-state index in [4.69, 9.17) is 0 Å². The standard InChI is InChI=1S/C42H79NO5S/c1-3-5-7-9-11-13-15-17-18-19-20-21-22-23-24-26-28-30-32-34-36-38-42(45)43-40(39-49(46,47)48)41(44)37-35-33-31-29-27-25-16-14-12-10-8-6-4-2/h12,14,27,29,35,37,40-41,44H,3-11,13,15-26,28,30-34,36,38-39H2,1-2H3,(H,43,45)(H,46,47,48)/b14-12+,29-27+,37-35+. The van der Waals surface area contributed by atoms with Crippen LogP contribution < -0.4 is 5.32 Å². The zero-order valence-corrected chi connectivity index (χ0v) is 32.9. The van der Waals surface area contributed by atoms with Gasteiger partial charge in [-0.25, -0.2) is 0 Å². The molecule has 0 aromatic carbocycles. The first-order valence-electron chi connectivity index (χ1n) is 20.7. The molecule has 0 heterocycles. The van der Waals surface area contributed by atoms with Crippen LogP contribution in [0.25, 0.3) is 0 Å². The summed E-state index contributed by atoms with van der Waals surface area (Å²) in [6, 6.07) is -1.08. The van der Waals surface area contributed by atoms with E-state index in [-0.39, 0.29) is 12.3 Å². The number of amides is 1. The van der Waals surface area contributed by atoms with Crippen molar-refractivity contribution in [1.29, 1.82) is 0 Å². The maximum absolute atomic E-state index is 12.5. The van der Waals surface area contributed by atoms with Gasteiger partial charge in [-0.1, -0.05) is 192 Å². The Kier molecular flexibility index (Phi) is 35.3. The molecule has 0 rings (SSSR count). The quantitative estimate of drug-likeness (QED) is 0.0338. The van der Waals surface area contributed by atoms with Gasteiger partial charge in [-0.2, -0.15) is 8.42 Å². The number of nitrogens with one attached hydrogen (secondary N) is 1. The third kappa shape index (κ3) is 37.6. The van der Waals surface area contributed by atoms with Crippen molar-refractivity contribution in [1.82, 2.24) is 5.32 Å². The number of aliphatic hydroxyl groups is 1. The Hall–Kier alpha value is -1.44. The van der Waals surface area contributed by atoms with Gasteiger partial charge in [0.1, 0.15) is 0 Å². The van der Waals surface area contributed by atoms with Gasteiger partial charge in [0.05, 0.1) is 17.9 Å².